The van der Waals surface area contributed by atoms with E-state index in [-0.39, 0.29) is 19.7 Å². The summed E-state index contributed by atoms with van der Waals surface area (Å²) < 4.78 is 37.3. The summed E-state index contributed by atoms with van der Waals surface area (Å²) in [6.07, 6.45) is -2.70. The number of halogens is 3. The van der Waals surface area contributed by atoms with E-state index in [0.29, 0.717) is 17.9 Å². The third kappa shape index (κ3) is 5.89. The molecule has 0 amide bonds. The highest BCUT2D eigenvalue weighted by atomic mass is 19.4. The highest BCUT2D eigenvalue weighted by Crippen LogP contribution is 2.20. The van der Waals surface area contributed by atoms with Gasteiger partial charge in [0, 0.05) is 31.4 Å². The van der Waals surface area contributed by atoms with Crippen LogP contribution >= 0.6 is 0 Å². The average molecular weight is 277 g/mol. The van der Waals surface area contributed by atoms with Crippen LogP contribution in [0.15, 0.2) is 18.3 Å². The van der Waals surface area contributed by atoms with E-state index in [1.165, 1.54) is 0 Å². The predicted octanol–water partition coefficient (Wildman–Crippen LogP) is 1.87. The largest absolute Gasteiger partial charge is 0.401 e. The van der Waals surface area contributed by atoms with Gasteiger partial charge in [0.1, 0.15) is 5.82 Å². The number of pyridine rings is 1. The Labute approximate surface area is 110 Å². The SMILES string of the molecule is CCNc1ncccc1CN(CCO)CC(F)(F)F. The van der Waals surface area contributed by atoms with E-state index in [1.807, 2.05) is 6.92 Å². The zero-order chi connectivity index (χ0) is 14.3. The number of aromatic nitrogens is 1. The van der Waals surface area contributed by atoms with Gasteiger partial charge in [0.2, 0.25) is 0 Å². The van der Waals surface area contributed by atoms with Crippen molar-refractivity contribution < 1.29 is 18.3 Å². The van der Waals surface area contributed by atoms with Crippen molar-refractivity contribution in [3.05, 3.63) is 23.9 Å². The molecule has 0 aliphatic carbocycles. The Morgan fingerprint density at radius 2 is 2.16 bits per heavy atom. The van der Waals surface area contributed by atoms with Gasteiger partial charge < -0.3 is 10.4 Å². The molecular formula is C12H18F3N3O. The third-order valence-corrected chi connectivity index (χ3v) is 2.45. The number of rotatable bonds is 7. The van der Waals surface area contributed by atoms with Crippen LogP contribution < -0.4 is 5.32 Å². The van der Waals surface area contributed by atoms with Crippen molar-refractivity contribution in [1.29, 1.82) is 0 Å². The monoisotopic (exact) mass is 277 g/mol. The molecule has 0 unspecified atom stereocenters. The molecule has 0 saturated heterocycles. The van der Waals surface area contributed by atoms with E-state index in [9.17, 15) is 13.2 Å². The van der Waals surface area contributed by atoms with Gasteiger partial charge in [0.15, 0.2) is 0 Å². The average Bonchev–Trinajstić information content (AvgIpc) is 2.30. The van der Waals surface area contributed by atoms with Crippen LogP contribution in [0.4, 0.5) is 19.0 Å². The lowest BCUT2D eigenvalue weighted by Gasteiger charge is -2.23. The van der Waals surface area contributed by atoms with Gasteiger partial charge in [-0.25, -0.2) is 4.98 Å². The summed E-state index contributed by atoms with van der Waals surface area (Å²) in [6.45, 7) is 1.24. The Hall–Kier alpha value is -1.34. The van der Waals surface area contributed by atoms with E-state index < -0.39 is 12.7 Å². The molecule has 4 nitrogen and oxygen atoms in total. The third-order valence-electron chi connectivity index (χ3n) is 2.45. The van der Waals surface area contributed by atoms with Crippen LogP contribution in [0.3, 0.4) is 0 Å². The van der Waals surface area contributed by atoms with Crippen LogP contribution in [0.25, 0.3) is 0 Å². The van der Waals surface area contributed by atoms with Crippen molar-refractivity contribution in [3.8, 4) is 0 Å². The van der Waals surface area contributed by atoms with Crippen LogP contribution in [0.5, 0.6) is 0 Å². The molecule has 0 fully saturated rings. The molecule has 0 aliphatic heterocycles. The van der Waals surface area contributed by atoms with Crippen LogP contribution in [0.1, 0.15) is 12.5 Å². The first kappa shape index (κ1) is 15.7. The summed E-state index contributed by atoms with van der Waals surface area (Å²) in [5, 5.41) is 11.8. The molecule has 1 heterocycles. The van der Waals surface area contributed by atoms with E-state index in [0.717, 1.165) is 4.90 Å². The van der Waals surface area contributed by atoms with Crippen LogP contribution in [0, 0.1) is 0 Å². The normalized spacial score (nSPS) is 11.9. The highest BCUT2D eigenvalue weighted by molar-refractivity contribution is 5.43. The summed E-state index contributed by atoms with van der Waals surface area (Å²) in [5.74, 6) is 0.579. The van der Waals surface area contributed by atoms with Crippen molar-refractivity contribution >= 4 is 5.82 Å². The van der Waals surface area contributed by atoms with E-state index in [1.54, 1.807) is 18.3 Å². The zero-order valence-electron chi connectivity index (χ0n) is 10.7. The lowest BCUT2D eigenvalue weighted by molar-refractivity contribution is -0.147. The fraction of sp³-hybridized carbons (Fsp3) is 0.583. The van der Waals surface area contributed by atoms with Gasteiger partial charge >= 0.3 is 6.18 Å². The minimum Gasteiger partial charge on any atom is -0.395 e. The summed E-state index contributed by atoms with van der Waals surface area (Å²) in [4.78, 5) is 5.25. The maximum absolute atomic E-state index is 12.4. The van der Waals surface area contributed by atoms with E-state index in [2.05, 4.69) is 10.3 Å². The van der Waals surface area contributed by atoms with Gasteiger partial charge in [-0.05, 0) is 13.0 Å². The maximum Gasteiger partial charge on any atom is 0.401 e. The molecule has 2 N–H and O–H groups in total. The Morgan fingerprint density at radius 1 is 1.42 bits per heavy atom. The molecule has 0 bridgehead atoms. The molecule has 7 heteroatoms. The first-order valence-electron chi connectivity index (χ1n) is 6.04. The van der Waals surface area contributed by atoms with Crippen LogP contribution in [-0.2, 0) is 6.54 Å². The van der Waals surface area contributed by atoms with Crippen molar-refractivity contribution in [1.82, 2.24) is 9.88 Å². The van der Waals surface area contributed by atoms with Gasteiger partial charge in [0.25, 0.3) is 0 Å². The van der Waals surface area contributed by atoms with Crippen molar-refractivity contribution in [2.45, 2.75) is 19.6 Å². The molecule has 0 aromatic carbocycles. The topological polar surface area (TPSA) is 48.4 Å². The number of alkyl halides is 3. The molecule has 0 aliphatic rings. The Bertz CT molecular complexity index is 385. The second-order valence-electron chi connectivity index (χ2n) is 4.09. The minimum absolute atomic E-state index is 0.0278. The number of aliphatic hydroxyl groups excluding tert-OH is 1. The van der Waals surface area contributed by atoms with Gasteiger partial charge in [-0.15, -0.1) is 0 Å². The van der Waals surface area contributed by atoms with Crippen molar-refractivity contribution in [3.63, 3.8) is 0 Å². The fourth-order valence-electron chi connectivity index (χ4n) is 1.74. The molecule has 1 aromatic rings. The summed E-state index contributed by atoms with van der Waals surface area (Å²) in [6, 6.07) is 3.41. The minimum atomic E-state index is -4.28. The van der Waals surface area contributed by atoms with E-state index in [4.69, 9.17) is 5.11 Å². The van der Waals surface area contributed by atoms with E-state index >= 15 is 0 Å². The fourth-order valence-corrected chi connectivity index (χ4v) is 1.74. The number of aliphatic hydroxyl groups is 1. The molecule has 19 heavy (non-hydrogen) atoms. The number of anilines is 1. The first-order chi connectivity index (χ1) is 8.96. The lowest BCUT2D eigenvalue weighted by atomic mass is 10.2. The quantitative estimate of drug-likeness (QED) is 0.799. The van der Waals surface area contributed by atoms with Crippen LogP contribution in [0.2, 0.25) is 0 Å². The molecule has 1 aromatic heterocycles. The summed E-state index contributed by atoms with van der Waals surface area (Å²) >= 11 is 0. The molecule has 0 atom stereocenters. The number of hydrogen-bond acceptors (Lipinski definition) is 4. The number of nitrogens with zero attached hydrogens (tertiary/aromatic N) is 2. The van der Waals surface area contributed by atoms with Gasteiger partial charge in [-0.2, -0.15) is 13.2 Å². The van der Waals surface area contributed by atoms with Gasteiger partial charge in [0.05, 0.1) is 13.2 Å². The Morgan fingerprint density at radius 3 is 2.74 bits per heavy atom. The molecular weight excluding hydrogens is 259 g/mol. The molecule has 0 saturated carbocycles. The Kier molecular flexibility index (Phi) is 6.04. The predicted molar refractivity (Wildman–Crippen MR) is 66.8 cm³/mol. The Balaban J connectivity index is 2.78. The van der Waals surface area contributed by atoms with Crippen molar-refractivity contribution in [2.24, 2.45) is 0 Å². The maximum atomic E-state index is 12.4. The zero-order valence-corrected chi connectivity index (χ0v) is 10.7. The first-order valence-corrected chi connectivity index (χ1v) is 6.04. The standard InChI is InChI=1S/C12H18F3N3O/c1-2-16-11-10(4-3-5-17-11)8-18(6-7-19)9-12(13,14)15/h3-5,19H,2,6-9H2,1H3,(H,16,17). The molecule has 108 valence electrons. The number of nitrogens with one attached hydrogen (secondary N) is 1. The highest BCUT2D eigenvalue weighted by Gasteiger charge is 2.30. The molecule has 0 spiro atoms. The second-order valence-corrected chi connectivity index (χ2v) is 4.09. The van der Waals surface area contributed by atoms with Gasteiger partial charge in [-0.3, -0.25) is 4.90 Å². The van der Waals surface area contributed by atoms with Gasteiger partial charge in [-0.1, -0.05) is 6.07 Å². The lowest BCUT2D eigenvalue weighted by Crippen LogP contribution is -2.36. The smallest absolute Gasteiger partial charge is 0.395 e. The van der Waals surface area contributed by atoms with Crippen molar-refractivity contribution in [2.75, 3.05) is 31.6 Å². The molecule has 0 radical (unpaired) electrons. The van der Waals surface area contributed by atoms with Crippen LogP contribution in [-0.4, -0.2) is 47.4 Å². The second kappa shape index (κ2) is 7.30. The number of hydrogen-bond donors (Lipinski definition) is 2. The molecule has 1 rings (SSSR count). The summed E-state index contributed by atoms with van der Waals surface area (Å²) in [7, 11) is 0. The summed E-state index contributed by atoms with van der Waals surface area (Å²) in [5.41, 5.74) is 0.682.